The van der Waals surface area contributed by atoms with E-state index >= 15 is 0 Å². The van der Waals surface area contributed by atoms with Gasteiger partial charge in [0.05, 0.1) is 27.3 Å². The fourth-order valence-electron chi connectivity index (χ4n) is 3.98. The number of carbonyl (C=O) groups excluding carboxylic acids is 1. The average Bonchev–Trinajstić information content (AvgIpc) is 3.56. The summed E-state index contributed by atoms with van der Waals surface area (Å²) in [6, 6.07) is 13.8. The Kier molecular flexibility index (Phi) is 6.97. The smallest absolute Gasteiger partial charge is 0.415 e. The molecule has 3 heterocycles. The first-order valence-corrected chi connectivity index (χ1v) is 12.3. The van der Waals surface area contributed by atoms with Crippen molar-refractivity contribution in [2.24, 2.45) is 0 Å². The third-order valence-corrected chi connectivity index (χ3v) is 7.07. The zero-order chi connectivity index (χ0) is 25.9. The van der Waals surface area contributed by atoms with Gasteiger partial charge in [0, 0.05) is 43.4 Å². The van der Waals surface area contributed by atoms with Crippen molar-refractivity contribution in [2.75, 3.05) is 20.2 Å². The first kappa shape index (κ1) is 24.6. The average molecular weight is 524 g/mol. The van der Waals surface area contributed by atoms with Gasteiger partial charge < -0.3 is 19.1 Å². The monoisotopic (exact) mass is 523 g/mol. The molecule has 37 heavy (non-hydrogen) atoms. The van der Waals surface area contributed by atoms with Gasteiger partial charge in [0.15, 0.2) is 11.6 Å². The second-order valence-corrected chi connectivity index (χ2v) is 9.57. The summed E-state index contributed by atoms with van der Waals surface area (Å²) in [7, 11) is 1.69. The third kappa shape index (κ3) is 5.52. The quantitative estimate of drug-likeness (QED) is 0.204. The van der Waals surface area contributed by atoms with Crippen LogP contribution in [0, 0.1) is 15.9 Å². The molecule has 0 aliphatic carbocycles. The number of benzene rings is 2. The number of hydrogen-bond acceptors (Lipinski definition) is 8. The number of non-ortho nitro benzene ring substituents is 1. The Morgan fingerprint density at radius 3 is 2.73 bits per heavy atom. The SMILES string of the molecule is CN(CC1CCCO1)C(=O)Oc1ccc(-c2cc3nccc(Oc4ccc([N+](=O)[O-])cc4F)c3s2)cc1. The molecule has 0 bridgehead atoms. The van der Waals surface area contributed by atoms with Crippen LogP contribution < -0.4 is 9.47 Å². The molecular weight excluding hydrogens is 501 g/mol. The molecule has 0 saturated carbocycles. The van der Waals surface area contributed by atoms with E-state index in [2.05, 4.69) is 4.98 Å². The van der Waals surface area contributed by atoms with Crippen LogP contribution in [-0.4, -0.2) is 47.2 Å². The van der Waals surface area contributed by atoms with Gasteiger partial charge in [-0.3, -0.25) is 15.1 Å². The van der Waals surface area contributed by atoms with Crippen molar-refractivity contribution < 1.29 is 28.3 Å². The van der Waals surface area contributed by atoms with E-state index in [0.717, 1.165) is 36.0 Å². The zero-order valence-electron chi connectivity index (χ0n) is 19.8. The number of aromatic nitrogens is 1. The Hall–Kier alpha value is -4.09. The highest BCUT2D eigenvalue weighted by molar-refractivity contribution is 7.22. The van der Waals surface area contributed by atoms with Crippen LogP contribution in [0.1, 0.15) is 12.8 Å². The number of ether oxygens (including phenoxy) is 3. The van der Waals surface area contributed by atoms with Gasteiger partial charge in [0.1, 0.15) is 11.5 Å². The molecule has 1 saturated heterocycles. The number of rotatable bonds is 7. The molecule has 9 nitrogen and oxygen atoms in total. The first-order valence-electron chi connectivity index (χ1n) is 11.5. The number of fused-ring (bicyclic) bond motifs is 1. The number of nitro benzene ring substituents is 1. The highest BCUT2D eigenvalue weighted by Crippen LogP contribution is 2.40. The number of hydrogen-bond donors (Lipinski definition) is 0. The van der Waals surface area contributed by atoms with Crippen molar-refractivity contribution in [2.45, 2.75) is 18.9 Å². The fourth-order valence-corrected chi connectivity index (χ4v) is 5.05. The van der Waals surface area contributed by atoms with E-state index in [0.29, 0.717) is 28.3 Å². The second-order valence-electron chi connectivity index (χ2n) is 8.52. The van der Waals surface area contributed by atoms with Gasteiger partial charge in [-0.25, -0.2) is 9.18 Å². The van der Waals surface area contributed by atoms with E-state index < -0.39 is 16.8 Å². The van der Waals surface area contributed by atoms with Gasteiger partial charge in [-0.15, -0.1) is 11.3 Å². The Morgan fingerprint density at radius 1 is 1.22 bits per heavy atom. The van der Waals surface area contributed by atoms with Crippen molar-refractivity contribution >= 4 is 33.3 Å². The van der Waals surface area contributed by atoms with Crippen LogP contribution in [0.4, 0.5) is 14.9 Å². The topological polar surface area (TPSA) is 104 Å². The lowest BCUT2D eigenvalue weighted by atomic mass is 10.2. The predicted molar refractivity (Wildman–Crippen MR) is 136 cm³/mol. The van der Waals surface area contributed by atoms with E-state index in [9.17, 15) is 19.3 Å². The lowest BCUT2D eigenvalue weighted by molar-refractivity contribution is -0.385. The molecule has 5 rings (SSSR count). The van der Waals surface area contributed by atoms with Gasteiger partial charge in [-0.2, -0.15) is 0 Å². The van der Waals surface area contributed by atoms with Crippen molar-refractivity contribution in [3.63, 3.8) is 0 Å². The molecule has 1 aliphatic heterocycles. The molecule has 11 heteroatoms. The summed E-state index contributed by atoms with van der Waals surface area (Å²) in [5.74, 6) is -0.148. The summed E-state index contributed by atoms with van der Waals surface area (Å²) in [4.78, 5) is 29.4. The number of pyridine rings is 1. The molecule has 2 aromatic carbocycles. The summed E-state index contributed by atoms with van der Waals surface area (Å²) in [6.07, 6.45) is 3.09. The van der Waals surface area contributed by atoms with Gasteiger partial charge >= 0.3 is 6.09 Å². The Labute approximate surface area is 215 Å². The Balaban J connectivity index is 1.30. The molecule has 4 aromatic rings. The van der Waals surface area contributed by atoms with Crippen LogP contribution in [0.2, 0.25) is 0 Å². The third-order valence-electron chi connectivity index (χ3n) is 5.88. The molecule has 1 amide bonds. The molecule has 2 aromatic heterocycles. The maximum atomic E-state index is 14.4. The molecule has 1 atom stereocenters. The van der Waals surface area contributed by atoms with Crippen molar-refractivity contribution in [1.29, 1.82) is 0 Å². The maximum absolute atomic E-state index is 14.4. The number of nitro groups is 1. The molecular formula is C26H22FN3O6S. The van der Waals surface area contributed by atoms with Crippen LogP contribution in [0.25, 0.3) is 20.7 Å². The van der Waals surface area contributed by atoms with Gasteiger partial charge in [0.2, 0.25) is 0 Å². The van der Waals surface area contributed by atoms with Gasteiger partial charge in [-0.05, 0) is 54.8 Å². The van der Waals surface area contributed by atoms with Crippen LogP contribution in [0.3, 0.4) is 0 Å². The van der Waals surface area contributed by atoms with Crippen molar-refractivity contribution in [1.82, 2.24) is 9.88 Å². The van der Waals surface area contributed by atoms with Crippen LogP contribution in [-0.2, 0) is 4.74 Å². The maximum Gasteiger partial charge on any atom is 0.415 e. The summed E-state index contributed by atoms with van der Waals surface area (Å²) < 4.78 is 31.8. The Bertz CT molecular complexity index is 1450. The first-order chi connectivity index (χ1) is 17.9. The molecule has 0 radical (unpaired) electrons. The zero-order valence-corrected chi connectivity index (χ0v) is 20.6. The molecule has 1 unspecified atom stereocenters. The second kappa shape index (κ2) is 10.5. The lowest BCUT2D eigenvalue weighted by Crippen LogP contribution is -2.35. The highest BCUT2D eigenvalue weighted by Gasteiger charge is 2.21. The number of likely N-dealkylation sites (N-methyl/N-ethyl adjacent to an activating group) is 1. The minimum absolute atomic E-state index is 0.0484. The normalized spacial score (nSPS) is 15.0. The minimum atomic E-state index is -0.831. The van der Waals surface area contributed by atoms with Crippen molar-refractivity contribution in [3.8, 4) is 27.7 Å². The molecule has 0 N–H and O–H groups in total. The van der Waals surface area contributed by atoms with E-state index in [-0.39, 0.29) is 17.5 Å². The number of carbonyl (C=O) groups is 1. The summed E-state index contributed by atoms with van der Waals surface area (Å²) in [6.45, 7) is 1.21. The standard InChI is InChI=1S/C26H22FN3O6S/c1-29(15-19-3-2-12-34-19)26(31)35-18-7-4-16(5-8-18)24-14-21-25(37-24)23(10-11-28-21)36-22-9-6-17(30(32)33)13-20(22)27/h4-11,13-14,19H,2-3,12,15H2,1H3. The van der Waals surface area contributed by atoms with Crippen LogP contribution in [0.15, 0.2) is 60.8 Å². The molecule has 1 fully saturated rings. The molecule has 190 valence electrons. The number of amides is 1. The lowest BCUT2D eigenvalue weighted by Gasteiger charge is -2.20. The number of halogens is 1. The Morgan fingerprint density at radius 2 is 2.03 bits per heavy atom. The predicted octanol–water partition coefficient (Wildman–Crippen LogP) is 6.41. The molecule has 0 spiro atoms. The largest absolute Gasteiger partial charge is 0.453 e. The van der Waals surface area contributed by atoms with Crippen LogP contribution in [0.5, 0.6) is 17.2 Å². The van der Waals surface area contributed by atoms with Gasteiger partial charge in [0.25, 0.3) is 5.69 Å². The number of thiophene rings is 1. The van der Waals surface area contributed by atoms with E-state index in [4.69, 9.17) is 14.2 Å². The van der Waals surface area contributed by atoms with Crippen LogP contribution >= 0.6 is 11.3 Å². The number of nitrogens with zero attached hydrogens (tertiary/aromatic N) is 3. The van der Waals surface area contributed by atoms with E-state index in [1.807, 2.05) is 18.2 Å². The summed E-state index contributed by atoms with van der Waals surface area (Å²) in [5.41, 5.74) is 1.18. The summed E-state index contributed by atoms with van der Waals surface area (Å²) in [5, 5.41) is 10.9. The minimum Gasteiger partial charge on any atom is -0.453 e. The molecule has 1 aliphatic rings. The van der Waals surface area contributed by atoms with E-state index in [1.54, 1.807) is 31.4 Å². The van der Waals surface area contributed by atoms with E-state index in [1.165, 1.54) is 28.4 Å². The van der Waals surface area contributed by atoms with Gasteiger partial charge in [-0.1, -0.05) is 0 Å². The summed E-state index contributed by atoms with van der Waals surface area (Å²) >= 11 is 1.40. The fraction of sp³-hybridized carbons (Fsp3) is 0.231. The highest BCUT2D eigenvalue weighted by atomic mass is 32.1. The van der Waals surface area contributed by atoms with Crippen molar-refractivity contribution in [3.05, 3.63) is 76.7 Å².